The van der Waals surface area contributed by atoms with Gasteiger partial charge in [-0.2, -0.15) is 0 Å². The van der Waals surface area contributed by atoms with Gasteiger partial charge >= 0.3 is 0 Å². The minimum Gasteiger partial charge on any atom is -0.362 e. The third-order valence-electron chi connectivity index (χ3n) is 3.40. The Kier molecular flexibility index (Phi) is 1.10. The maximum atomic E-state index is 11.5. The van der Waals surface area contributed by atoms with Gasteiger partial charge in [0.1, 0.15) is 11.6 Å². The summed E-state index contributed by atoms with van der Waals surface area (Å²) in [4.78, 5) is 23.0. The predicted octanol–water partition coefficient (Wildman–Crippen LogP) is 0.488. The molecule has 4 unspecified atom stereocenters. The molecule has 3 nitrogen and oxygen atoms in total. The van der Waals surface area contributed by atoms with Crippen molar-refractivity contribution in [3.05, 3.63) is 12.2 Å². The Bertz CT molecular complexity index is 344. The molecule has 3 rings (SSSR count). The molecule has 2 bridgehead atoms. The number of rotatable bonds is 0. The van der Waals surface area contributed by atoms with E-state index in [1.807, 2.05) is 19.1 Å². The van der Waals surface area contributed by atoms with Crippen molar-refractivity contribution in [1.82, 2.24) is 0 Å². The average Bonchev–Trinajstić information content (AvgIpc) is 2.62. The second-order valence-corrected chi connectivity index (χ2v) is 4.24. The molecule has 0 radical (unpaired) electrons. The van der Waals surface area contributed by atoms with Crippen LogP contribution in [0.25, 0.3) is 0 Å². The van der Waals surface area contributed by atoms with Crippen LogP contribution in [0, 0.1) is 11.8 Å². The van der Waals surface area contributed by atoms with Gasteiger partial charge in [-0.1, -0.05) is 12.2 Å². The first-order chi connectivity index (χ1) is 6.12. The number of carbonyl (C=O) groups is 2. The van der Waals surface area contributed by atoms with Gasteiger partial charge in [-0.3, -0.25) is 9.59 Å². The lowest BCUT2D eigenvalue weighted by Crippen LogP contribution is -2.34. The number of fused-ring (bicyclic) bond motifs is 5. The second kappa shape index (κ2) is 1.93. The molecule has 3 heteroatoms. The van der Waals surface area contributed by atoms with Gasteiger partial charge in [0.15, 0.2) is 0 Å². The Morgan fingerprint density at radius 2 is 2.23 bits per heavy atom. The molecule has 1 aliphatic carbocycles. The van der Waals surface area contributed by atoms with Crippen molar-refractivity contribution in [2.45, 2.75) is 25.0 Å². The SMILES string of the molecule is CC12C=CC(O1)C1C(=O)CC(=O)C12. The van der Waals surface area contributed by atoms with E-state index in [0.717, 1.165) is 0 Å². The molecule has 0 aromatic heterocycles. The highest BCUT2D eigenvalue weighted by atomic mass is 16.5. The maximum absolute atomic E-state index is 11.5. The van der Waals surface area contributed by atoms with E-state index >= 15 is 0 Å². The summed E-state index contributed by atoms with van der Waals surface area (Å²) < 4.78 is 5.61. The zero-order valence-corrected chi connectivity index (χ0v) is 7.32. The third kappa shape index (κ3) is 0.695. The van der Waals surface area contributed by atoms with Crippen LogP contribution < -0.4 is 0 Å². The van der Waals surface area contributed by atoms with Gasteiger partial charge in [0.2, 0.25) is 0 Å². The fourth-order valence-corrected chi connectivity index (χ4v) is 2.86. The molecule has 1 saturated heterocycles. The monoisotopic (exact) mass is 178 g/mol. The van der Waals surface area contributed by atoms with Crippen molar-refractivity contribution in [2.75, 3.05) is 0 Å². The highest BCUT2D eigenvalue weighted by Gasteiger charge is 2.62. The molecule has 0 aromatic carbocycles. The lowest BCUT2D eigenvalue weighted by Gasteiger charge is -2.23. The fraction of sp³-hybridized carbons (Fsp3) is 0.600. The summed E-state index contributed by atoms with van der Waals surface area (Å²) in [6.07, 6.45) is 3.83. The van der Waals surface area contributed by atoms with Gasteiger partial charge in [-0.25, -0.2) is 0 Å². The summed E-state index contributed by atoms with van der Waals surface area (Å²) in [6, 6.07) is 0. The van der Waals surface area contributed by atoms with Crippen molar-refractivity contribution < 1.29 is 14.3 Å². The Labute approximate surface area is 75.8 Å². The molecule has 0 aromatic rings. The average molecular weight is 178 g/mol. The fourth-order valence-electron chi connectivity index (χ4n) is 2.86. The van der Waals surface area contributed by atoms with Crippen molar-refractivity contribution >= 4 is 11.6 Å². The molecule has 1 saturated carbocycles. The summed E-state index contributed by atoms with van der Waals surface area (Å²) in [5.74, 6) is -0.255. The lowest BCUT2D eigenvalue weighted by atomic mass is 9.78. The molecule has 2 heterocycles. The first-order valence-electron chi connectivity index (χ1n) is 4.54. The van der Waals surface area contributed by atoms with Crippen LogP contribution >= 0.6 is 0 Å². The summed E-state index contributed by atoms with van der Waals surface area (Å²) in [5, 5.41) is 0. The van der Waals surface area contributed by atoms with Crippen molar-refractivity contribution in [1.29, 1.82) is 0 Å². The molecule has 0 amide bonds. The number of carbonyl (C=O) groups excluding carboxylic acids is 2. The highest BCUT2D eigenvalue weighted by Crippen LogP contribution is 2.51. The molecule has 0 spiro atoms. The molecule has 0 N–H and O–H groups in total. The summed E-state index contributed by atoms with van der Waals surface area (Å²) in [5.41, 5.74) is -0.488. The van der Waals surface area contributed by atoms with E-state index < -0.39 is 5.60 Å². The molecule has 13 heavy (non-hydrogen) atoms. The van der Waals surface area contributed by atoms with E-state index in [4.69, 9.17) is 4.74 Å². The second-order valence-electron chi connectivity index (χ2n) is 4.24. The molecule has 3 aliphatic rings. The standard InChI is InChI=1S/C10H10O3/c1-10-3-2-7(13-10)8-5(11)4-6(12)9(8)10/h2-3,7-9H,4H2,1H3. The third-order valence-corrected chi connectivity index (χ3v) is 3.40. The molecule has 68 valence electrons. The Morgan fingerprint density at radius 1 is 1.46 bits per heavy atom. The topological polar surface area (TPSA) is 43.4 Å². The van der Waals surface area contributed by atoms with E-state index in [-0.39, 0.29) is 35.9 Å². The maximum Gasteiger partial charge on any atom is 0.147 e. The Balaban J connectivity index is 2.13. The number of hydrogen-bond acceptors (Lipinski definition) is 3. The summed E-state index contributed by atoms with van der Waals surface area (Å²) in [7, 11) is 0. The van der Waals surface area contributed by atoms with E-state index in [1.54, 1.807) is 0 Å². The van der Waals surface area contributed by atoms with Crippen LogP contribution in [0.15, 0.2) is 12.2 Å². The van der Waals surface area contributed by atoms with Gasteiger partial charge in [-0.15, -0.1) is 0 Å². The van der Waals surface area contributed by atoms with Crippen LogP contribution in [-0.2, 0) is 14.3 Å². The van der Waals surface area contributed by atoms with Gasteiger partial charge in [0, 0.05) is 0 Å². The molecule has 2 fully saturated rings. The van der Waals surface area contributed by atoms with Crippen molar-refractivity contribution in [2.24, 2.45) is 11.8 Å². The zero-order valence-electron chi connectivity index (χ0n) is 7.32. The zero-order chi connectivity index (χ0) is 9.22. The number of ether oxygens (including phenoxy) is 1. The first kappa shape index (κ1) is 7.44. The van der Waals surface area contributed by atoms with Crippen molar-refractivity contribution in [3.63, 3.8) is 0 Å². The van der Waals surface area contributed by atoms with Crippen molar-refractivity contribution in [3.8, 4) is 0 Å². The van der Waals surface area contributed by atoms with Crippen LogP contribution in [0.5, 0.6) is 0 Å². The van der Waals surface area contributed by atoms with E-state index in [9.17, 15) is 9.59 Å². The summed E-state index contributed by atoms with van der Waals surface area (Å²) in [6.45, 7) is 1.89. The molecule has 2 aliphatic heterocycles. The van der Waals surface area contributed by atoms with E-state index in [0.29, 0.717) is 0 Å². The number of hydrogen-bond donors (Lipinski definition) is 0. The van der Waals surface area contributed by atoms with Gasteiger partial charge < -0.3 is 4.74 Å². The first-order valence-corrected chi connectivity index (χ1v) is 4.54. The molecule has 4 atom stereocenters. The van der Waals surface area contributed by atoms with Gasteiger partial charge in [0.05, 0.1) is 30.0 Å². The largest absolute Gasteiger partial charge is 0.362 e. The summed E-state index contributed by atoms with van der Waals surface area (Å²) >= 11 is 0. The van der Waals surface area contributed by atoms with Gasteiger partial charge in [0.25, 0.3) is 0 Å². The Morgan fingerprint density at radius 3 is 2.92 bits per heavy atom. The lowest BCUT2D eigenvalue weighted by molar-refractivity contribution is -0.126. The van der Waals surface area contributed by atoms with Crippen LogP contribution in [-0.4, -0.2) is 23.3 Å². The van der Waals surface area contributed by atoms with Crippen LogP contribution in [0.3, 0.4) is 0 Å². The minimum absolute atomic E-state index is 0.0596. The van der Waals surface area contributed by atoms with Crippen LogP contribution in [0.4, 0.5) is 0 Å². The highest BCUT2D eigenvalue weighted by molar-refractivity contribution is 6.10. The minimum atomic E-state index is -0.488. The van der Waals surface area contributed by atoms with Crippen LogP contribution in [0.1, 0.15) is 13.3 Å². The number of Topliss-reactive ketones (excluding diaryl/α,β-unsaturated/α-hetero) is 2. The van der Waals surface area contributed by atoms with E-state index in [1.165, 1.54) is 0 Å². The quantitative estimate of drug-likeness (QED) is 0.400. The molecular weight excluding hydrogens is 168 g/mol. The van der Waals surface area contributed by atoms with E-state index in [2.05, 4.69) is 0 Å². The smallest absolute Gasteiger partial charge is 0.147 e. The van der Waals surface area contributed by atoms with Gasteiger partial charge in [-0.05, 0) is 6.92 Å². The molecular formula is C10H10O3. The number of ketones is 2. The predicted molar refractivity (Wildman–Crippen MR) is 44.0 cm³/mol. The normalized spacial score (nSPS) is 51.9. The van der Waals surface area contributed by atoms with Crippen LogP contribution in [0.2, 0.25) is 0 Å². The Hall–Kier alpha value is -0.960.